The minimum absolute atomic E-state index is 0.00832. The Balaban J connectivity index is 1.73. The van der Waals surface area contributed by atoms with Crippen LogP contribution in [0.4, 0.5) is 5.69 Å². The first-order valence-electron chi connectivity index (χ1n) is 9.06. The van der Waals surface area contributed by atoms with Crippen molar-refractivity contribution < 1.29 is 19.8 Å². The van der Waals surface area contributed by atoms with Gasteiger partial charge in [0.25, 0.3) is 5.69 Å². The van der Waals surface area contributed by atoms with E-state index in [1.807, 2.05) is 6.07 Å². The van der Waals surface area contributed by atoms with Crippen molar-refractivity contribution in [1.29, 1.82) is 0 Å². The van der Waals surface area contributed by atoms with Crippen LogP contribution in [0.25, 0.3) is 0 Å². The third kappa shape index (κ3) is 2.00. The van der Waals surface area contributed by atoms with Gasteiger partial charge in [-0.3, -0.25) is 19.9 Å². The van der Waals surface area contributed by atoms with Crippen LogP contribution in [0.5, 0.6) is 0 Å². The molecule has 0 spiro atoms. The van der Waals surface area contributed by atoms with Crippen molar-refractivity contribution in [1.82, 2.24) is 0 Å². The van der Waals surface area contributed by atoms with E-state index in [0.29, 0.717) is 0 Å². The summed E-state index contributed by atoms with van der Waals surface area (Å²) in [5, 5.41) is 22.2. The van der Waals surface area contributed by atoms with E-state index in [1.54, 1.807) is 18.2 Å². The third-order valence-electron chi connectivity index (χ3n) is 7.12. The standard InChI is InChI=1S/C18H25N3O3/c1-3-17-9-19-11-18(4-2,16(17)22)12-20(10-17)15(19)13-6-5-7-14(8-13)21(23)24/h5-8,15-16,22H,3-4,9-12H2,1-2H3/p+2. The number of piperidine rings is 2. The Bertz CT molecular complexity index is 637. The van der Waals surface area contributed by atoms with E-state index in [2.05, 4.69) is 13.8 Å². The minimum Gasteiger partial charge on any atom is -0.391 e. The van der Waals surface area contributed by atoms with Gasteiger partial charge in [-0.1, -0.05) is 19.9 Å². The number of quaternary nitrogens is 2. The van der Waals surface area contributed by atoms with Crippen LogP contribution in [0.3, 0.4) is 0 Å². The lowest BCUT2D eigenvalue weighted by Crippen LogP contribution is -3.41. The molecule has 4 aliphatic rings. The maximum atomic E-state index is 11.1. The van der Waals surface area contributed by atoms with Gasteiger partial charge >= 0.3 is 0 Å². The molecular formula is C18H27N3O3+2. The first-order valence-corrected chi connectivity index (χ1v) is 9.06. The van der Waals surface area contributed by atoms with Crippen LogP contribution in [-0.2, 0) is 0 Å². The second-order valence-corrected chi connectivity index (χ2v) is 8.14. The van der Waals surface area contributed by atoms with Crippen LogP contribution in [0.15, 0.2) is 24.3 Å². The lowest BCUT2D eigenvalue weighted by atomic mass is 9.57. The van der Waals surface area contributed by atoms with Gasteiger partial charge in [0.2, 0.25) is 6.17 Å². The fraction of sp³-hybridized carbons (Fsp3) is 0.667. The highest BCUT2D eigenvalue weighted by molar-refractivity contribution is 5.34. The summed E-state index contributed by atoms with van der Waals surface area (Å²) in [5.74, 6) is 0. The summed E-state index contributed by atoms with van der Waals surface area (Å²) in [7, 11) is 0. The maximum absolute atomic E-state index is 11.1. The van der Waals surface area contributed by atoms with Crippen LogP contribution >= 0.6 is 0 Å². The van der Waals surface area contributed by atoms with Crippen LogP contribution in [0.2, 0.25) is 0 Å². The number of aliphatic hydroxyl groups excluding tert-OH is 1. The number of nitro benzene ring substituents is 1. The Hall–Kier alpha value is -1.50. The number of benzene rings is 1. The maximum Gasteiger partial charge on any atom is 0.270 e. The zero-order chi connectivity index (χ0) is 17.1. The Kier molecular flexibility index (Phi) is 3.50. The molecule has 4 fully saturated rings. The van der Waals surface area contributed by atoms with Crippen LogP contribution in [0, 0.1) is 20.9 Å². The second kappa shape index (κ2) is 5.25. The normalized spacial score (nSPS) is 43.1. The summed E-state index contributed by atoms with van der Waals surface area (Å²) in [6.07, 6.45) is 2.06. The summed E-state index contributed by atoms with van der Waals surface area (Å²) in [5.41, 5.74) is 1.26. The molecule has 0 saturated carbocycles. The van der Waals surface area contributed by atoms with Gasteiger partial charge in [0, 0.05) is 12.1 Å². The van der Waals surface area contributed by atoms with Crippen LogP contribution in [-0.4, -0.2) is 42.3 Å². The molecule has 0 aliphatic carbocycles. The highest BCUT2D eigenvalue weighted by Crippen LogP contribution is 2.44. The predicted molar refractivity (Wildman–Crippen MR) is 88.7 cm³/mol. The molecule has 4 saturated heterocycles. The minimum atomic E-state index is -0.306. The van der Waals surface area contributed by atoms with E-state index in [-0.39, 0.29) is 33.7 Å². The van der Waals surface area contributed by atoms with E-state index in [4.69, 9.17) is 0 Å². The second-order valence-electron chi connectivity index (χ2n) is 8.14. The number of hydrogen-bond acceptors (Lipinski definition) is 3. The number of aliphatic hydroxyl groups is 1. The quantitative estimate of drug-likeness (QED) is 0.517. The van der Waals surface area contributed by atoms with Crippen LogP contribution in [0.1, 0.15) is 38.4 Å². The molecule has 5 rings (SSSR count). The first-order chi connectivity index (χ1) is 11.4. The van der Waals surface area contributed by atoms with Gasteiger partial charge in [-0.15, -0.1) is 0 Å². The van der Waals surface area contributed by atoms with Gasteiger partial charge in [0.1, 0.15) is 0 Å². The van der Waals surface area contributed by atoms with Crippen molar-refractivity contribution in [2.75, 3.05) is 26.2 Å². The summed E-state index contributed by atoms with van der Waals surface area (Å²) in [6.45, 7) is 8.30. The molecule has 3 N–H and O–H groups in total. The number of nitro groups is 1. The molecule has 0 unspecified atom stereocenters. The molecule has 4 aliphatic heterocycles. The van der Waals surface area contributed by atoms with Crippen LogP contribution < -0.4 is 9.80 Å². The largest absolute Gasteiger partial charge is 0.391 e. The van der Waals surface area contributed by atoms with E-state index in [0.717, 1.165) is 44.6 Å². The zero-order valence-corrected chi connectivity index (χ0v) is 14.4. The molecule has 6 heteroatoms. The van der Waals surface area contributed by atoms with E-state index >= 15 is 0 Å². The highest BCUT2D eigenvalue weighted by atomic mass is 16.6. The number of non-ortho nitro benzene ring substituents is 1. The molecular weight excluding hydrogens is 306 g/mol. The topological polar surface area (TPSA) is 72.2 Å². The van der Waals surface area contributed by atoms with Gasteiger partial charge in [-0.2, -0.15) is 0 Å². The average Bonchev–Trinajstić information content (AvgIpc) is 2.58. The first kappa shape index (κ1) is 16.0. The average molecular weight is 333 g/mol. The number of hydrogen-bond donors (Lipinski definition) is 3. The Morgan fingerprint density at radius 1 is 1.17 bits per heavy atom. The van der Waals surface area contributed by atoms with Crippen molar-refractivity contribution >= 4 is 5.69 Å². The Morgan fingerprint density at radius 2 is 1.71 bits per heavy atom. The van der Waals surface area contributed by atoms with Gasteiger partial charge in [0.15, 0.2) is 0 Å². The molecule has 4 heterocycles. The van der Waals surface area contributed by atoms with Gasteiger partial charge in [0.05, 0.1) is 53.6 Å². The summed E-state index contributed by atoms with van der Waals surface area (Å²) >= 11 is 0. The lowest BCUT2D eigenvalue weighted by molar-refractivity contribution is -1.19. The molecule has 24 heavy (non-hydrogen) atoms. The van der Waals surface area contributed by atoms with E-state index < -0.39 is 0 Å². The molecule has 6 nitrogen and oxygen atoms in total. The molecule has 4 bridgehead atoms. The van der Waals surface area contributed by atoms with E-state index in [9.17, 15) is 15.2 Å². The lowest BCUT2D eigenvalue weighted by Gasteiger charge is -2.64. The predicted octanol–water partition coefficient (Wildman–Crippen LogP) is -0.442. The van der Waals surface area contributed by atoms with Crippen molar-refractivity contribution in [3.05, 3.63) is 39.9 Å². The molecule has 1 aromatic rings. The van der Waals surface area contributed by atoms with Crippen molar-refractivity contribution in [3.63, 3.8) is 0 Å². The molecule has 0 aromatic heterocycles. The van der Waals surface area contributed by atoms with Gasteiger partial charge < -0.3 is 5.11 Å². The number of rotatable bonds is 4. The zero-order valence-electron chi connectivity index (χ0n) is 14.4. The van der Waals surface area contributed by atoms with Gasteiger partial charge in [-0.25, -0.2) is 0 Å². The summed E-state index contributed by atoms with van der Waals surface area (Å²) in [4.78, 5) is 13.8. The van der Waals surface area contributed by atoms with Crippen molar-refractivity contribution in [2.24, 2.45) is 10.8 Å². The summed E-state index contributed by atoms with van der Waals surface area (Å²) < 4.78 is 0. The smallest absolute Gasteiger partial charge is 0.270 e. The third-order valence-corrected chi connectivity index (χ3v) is 7.12. The molecule has 130 valence electrons. The fourth-order valence-corrected chi connectivity index (χ4v) is 5.97. The Labute approximate surface area is 142 Å². The van der Waals surface area contributed by atoms with Crippen molar-refractivity contribution in [3.8, 4) is 0 Å². The molecule has 0 radical (unpaired) electrons. The number of nitrogens with zero attached hydrogens (tertiary/aromatic N) is 1. The monoisotopic (exact) mass is 333 g/mol. The van der Waals surface area contributed by atoms with Crippen molar-refractivity contribution in [2.45, 2.75) is 39.0 Å². The molecule has 0 amide bonds. The molecule has 0 atom stereocenters. The highest BCUT2D eigenvalue weighted by Gasteiger charge is 2.70. The molecule has 1 aromatic carbocycles. The number of nitrogens with one attached hydrogen (secondary N) is 2. The summed E-state index contributed by atoms with van der Waals surface area (Å²) in [6, 6.07) is 7.16. The van der Waals surface area contributed by atoms with E-state index in [1.165, 1.54) is 9.80 Å². The fourth-order valence-electron chi connectivity index (χ4n) is 5.97. The Morgan fingerprint density at radius 3 is 2.17 bits per heavy atom. The van der Waals surface area contributed by atoms with Gasteiger partial charge in [-0.05, 0) is 18.9 Å². The SMILES string of the molecule is CCC12C[NH+]3CC(CC)(C[NH+](C1)C3c1cccc([N+](=O)[O-])c1)C2O.